The van der Waals surface area contributed by atoms with Crippen molar-refractivity contribution in [2.24, 2.45) is 4.99 Å². The number of nitrogens with one attached hydrogen (secondary N) is 1. The number of hydrogen-bond acceptors (Lipinski definition) is 5. The van der Waals surface area contributed by atoms with Crippen LogP contribution in [0.5, 0.6) is 0 Å². The molecule has 1 aromatic carbocycles. The molecule has 0 unspecified atom stereocenters. The Labute approximate surface area is 171 Å². The van der Waals surface area contributed by atoms with E-state index in [4.69, 9.17) is 0 Å². The summed E-state index contributed by atoms with van der Waals surface area (Å²) in [4.78, 5) is 14.5. The van der Waals surface area contributed by atoms with Crippen LogP contribution >= 0.6 is 31.9 Å². The summed E-state index contributed by atoms with van der Waals surface area (Å²) in [5.41, 5.74) is -0.217. The maximum Gasteiger partial charge on any atom is 1.00 e. The Kier molecular flexibility index (Phi) is 8.92. The van der Waals surface area contributed by atoms with Crippen molar-refractivity contribution >= 4 is 65.2 Å². The van der Waals surface area contributed by atoms with E-state index in [2.05, 4.69) is 55.3 Å². The molecule has 11 heteroatoms. The second-order valence-corrected chi connectivity index (χ2v) is 7.14. The third kappa shape index (κ3) is 6.87. The van der Waals surface area contributed by atoms with Crippen molar-refractivity contribution in [3.05, 3.63) is 40.3 Å². The first-order valence-electron chi connectivity index (χ1n) is 5.40. The van der Waals surface area contributed by atoms with E-state index in [9.17, 15) is 22.9 Å². The smallest absolute Gasteiger partial charge is 0.858 e. The quantitative estimate of drug-likeness (QED) is 0.188. The van der Waals surface area contributed by atoms with Gasteiger partial charge in [0.25, 0.3) is 16.0 Å². The van der Waals surface area contributed by atoms with Crippen LogP contribution in [0, 0.1) is 0 Å². The predicted molar refractivity (Wildman–Crippen MR) is 88.1 cm³/mol. The Balaban J connectivity index is 0.00000484. The molecule has 118 valence electrons. The molecule has 1 aromatic rings. The van der Waals surface area contributed by atoms with Gasteiger partial charge in [-0.15, -0.1) is 0 Å². The molecular weight excluding hydrogens is 467 g/mol. The maximum absolute atomic E-state index is 11.5. The van der Waals surface area contributed by atoms with E-state index in [1.165, 1.54) is 12.1 Å². The molecule has 7 nitrogen and oxygen atoms in total. The van der Waals surface area contributed by atoms with Crippen molar-refractivity contribution in [3.8, 4) is 0 Å². The molecule has 0 saturated heterocycles. The van der Waals surface area contributed by atoms with Crippen LogP contribution in [0.4, 0.5) is 11.4 Å². The van der Waals surface area contributed by atoms with Crippen LogP contribution in [0.2, 0.25) is 0 Å². The molecule has 0 bridgehead atoms. The van der Waals surface area contributed by atoms with Crippen LogP contribution in [-0.4, -0.2) is 24.8 Å². The van der Waals surface area contributed by atoms with Crippen molar-refractivity contribution < 1.29 is 52.4 Å². The minimum absolute atomic E-state index is 0. The number of benzene rings is 1. The Morgan fingerprint density at radius 3 is 2.26 bits per heavy atom. The second-order valence-electron chi connectivity index (χ2n) is 3.84. The number of carbonyl (C=O) groups excluding carboxylic acids is 1. The number of nitrogens with zero attached hydrogens (tertiary/aromatic N) is 1. The third-order valence-electron chi connectivity index (χ3n) is 2.20. The number of carbonyl (C=O) groups is 1. The summed E-state index contributed by atoms with van der Waals surface area (Å²) in [6, 6.07) is 3.41. The Morgan fingerprint density at radius 2 is 1.83 bits per heavy atom. The summed E-state index contributed by atoms with van der Waals surface area (Å²) in [5, 5.41) is 13.7. The fourth-order valence-electron chi connectivity index (χ4n) is 1.27. The van der Waals surface area contributed by atoms with E-state index in [1.807, 2.05) is 0 Å². The van der Waals surface area contributed by atoms with Gasteiger partial charge in [0.05, 0.1) is 15.9 Å². The van der Waals surface area contributed by atoms with Crippen LogP contribution in [-0.2, 0) is 14.9 Å². The first kappa shape index (κ1) is 22.5. The minimum atomic E-state index is -4.65. The molecule has 0 spiro atoms. The van der Waals surface area contributed by atoms with E-state index in [-0.39, 0.29) is 49.9 Å². The summed E-state index contributed by atoms with van der Waals surface area (Å²) in [6.45, 7) is 6.67. The largest absolute Gasteiger partial charge is 1.00 e. The first-order chi connectivity index (χ1) is 10.0. The summed E-state index contributed by atoms with van der Waals surface area (Å²) in [6.07, 6.45) is 0. The van der Waals surface area contributed by atoms with Gasteiger partial charge in [0.15, 0.2) is 0 Å². The molecule has 2 N–H and O–H groups in total. The van der Waals surface area contributed by atoms with Crippen molar-refractivity contribution in [1.29, 1.82) is 0 Å². The number of anilines is 1. The van der Waals surface area contributed by atoms with Crippen LogP contribution in [0.25, 0.3) is 0 Å². The fraction of sp³-hybridized carbons (Fsp3) is 0. The molecule has 0 saturated carbocycles. The molecule has 0 heterocycles. The topological polar surface area (TPSA) is 119 Å². The van der Waals surface area contributed by atoms with Gasteiger partial charge in [-0.1, -0.05) is 29.1 Å². The molecular formula is C12H9Br2N2NaO5S. The zero-order chi connectivity index (χ0) is 17.1. The maximum atomic E-state index is 11.5. The standard InChI is InChI=1S/C12H10Br2N2O5S.Na/c1-6(13)11(17)15-8-3-4-9(16-12(18)7(2)14)10(5-8)22(19,20)21;/h3-5H,1-2H2,(H,15,17)(H,16,18)(H,19,20,21);/q;+1/p-1. The average Bonchev–Trinajstić information content (AvgIpc) is 2.38. The van der Waals surface area contributed by atoms with Gasteiger partial charge in [-0.3, -0.25) is 14.3 Å². The number of rotatable bonds is 5. The van der Waals surface area contributed by atoms with Crippen LogP contribution in [0.3, 0.4) is 0 Å². The van der Waals surface area contributed by atoms with Gasteiger partial charge < -0.3 is 10.4 Å². The van der Waals surface area contributed by atoms with Gasteiger partial charge in [-0.25, -0.2) is 0 Å². The number of halogens is 2. The molecule has 0 fully saturated rings. The molecule has 0 aliphatic carbocycles. The predicted octanol–water partition coefficient (Wildman–Crippen LogP) is -0.917. The second kappa shape index (κ2) is 9.11. The number of hydrogen-bond donors (Lipinski definition) is 2. The van der Waals surface area contributed by atoms with Crippen LogP contribution < -0.4 is 40.0 Å². The van der Waals surface area contributed by atoms with E-state index < -0.39 is 26.8 Å². The molecule has 0 atom stereocenters. The summed E-state index contributed by atoms with van der Waals surface area (Å²) in [5.74, 6) is -1.41. The minimum Gasteiger partial charge on any atom is -0.858 e. The van der Waals surface area contributed by atoms with Crippen molar-refractivity contribution in [2.45, 2.75) is 4.90 Å². The Morgan fingerprint density at radius 1 is 1.26 bits per heavy atom. The van der Waals surface area contributed by atoms with Crippen molar-refractivity contribution in [2.75, 3.05) is 5.32 Å². The average molecular weight is 476 g/mol. The molecule has 1 amide bonds. The Hall–Kier alpha value is -0.490. The van der Waals surface area contributed by atoms with Gasteiger partial charge in [0.1, 0.15) is 4.90 Å². The van der Waals surface area contributed by atoms with Gasteiger partial charge in [0, 0.05) is 10.4 Å². The van der Waals surface area contributed by atoms with Crippen molar-refractivity contribution in [1.82, 2.24) is 0 Å². The Bertz CT molecular complexity index is 793. The number of amides is 1. The SMILES string of the molecule is C=C(Br)C(=O)Nc1ccc(N=C([O-])C(=C)Br)cc1S(=O)(=O)O.[Na+]. The van der Waals surface area contributed by atoms with E-state index in [0.29, 0.717) is 0 Å². The molecule has 1 rings (SSSR count). The number of aliphatic imine (C=N–C) groups is 1. The zero-order valence-corrected chi connectivity index (χ0v) is 17.8. The molecule has 0 radical (unpaired) electrons. The summed E-state index contributed by atoms with van der Waals surface area (Å²) >= 11 is 5.68. The van der Waals surface area contributed by atoms with Crippen LogP contribution in [0.15, 0.2) is 50.2 Å². The molecule has 0 aliphatic heterocycles. The van der Waals surface area contributed by atoms with Crippen molar-refractivity contribution in [3.63, 3.8) is 0 Å². The van der Waals surface area contributed by atoms with Gasteiger partial charge in [0.2, 0.25) is 0 Å². The monoisotopic (exact) mass is 474 g/mol. The van der Waals surface area contributed by atoms with Crippen LogP contribution in [0.1, 0.15) is 0 Å². The molecule has 23 heavy (non-hydrogen) atoms. The fourth-order valence-corrected chi connectivity index (χ4v) is 2.12. The molecule has 0 aliphatic rings. The zero-order valence-electron chi connectivity index (χ0n) is 11.8. The van der Waals surface area contributed by atoms with Gasteiger partial charge in [-0.2, -0.15) is 8.42 Å². The summed E-state index contributed by atoms with van der Waals surface area (Å²) < 4.78 is 32.0. The summed E-state index contributed by atoms with van der Waals surface area (Å²) in [7, 11) is -4.65. The van der Waals surface area contributed by atoms with E-state index >= 15 is 0 Å². The van der Waals surface area contributed by atoms with Gasteiger partial charge in [-0.05, 0) is 34.1 Å². The third-order valence-corrected chi connectivity index (χ3v) is 3.79. The first-order valence-corrected chi connectivity index (χ1v) is 8.42. The van der Waals surface area contributed by atoms with E-state index in [0.717, 1.165) is 6.07 Å². The molecule has 0 aromatic heterocycles. The van der Waals surface area contributed by atoms with E-state index in [1.54, 1.807) is 0 Å². The van der Waals surface area contributed by atoms with Gasteiger partial charge >= 0.3 is 29.6 Å². The normalized spacial score (nSPS) is 11.3.